The Morgan fingerprint density at radius 1 is 1.00 bits per heavy atom. The number of hydrogen-bond acceptors (Lipinski definition) is 3. The third-order valence-electron chi connectivity index (χ3n) is 3.76. The molecule has 0 saturated heterocycles. The van der Waals surface area contributed by atoms with Crippen molar-refractivity contribution < 1.29 is 9.53 Å². The lowest BCUT2D eigenvalue weighted by atomic mass is 10.1. The van der Waals surface area contributed by atoms with E-state index in [2.05, 4.69) is 24.1 Å². The maximum absolute atomic E-state index is 12.2. The van der Waals surface area contributed by atoms with E-state index in [1.165, 1.54) is 0 Å². The molecule has 0 bridgehead atoms. The molecule has 0 aliphatic heterocycles. The van der Waals surface area contributed by atoms with Crippen LogP contribution in [0.25, 0.3) is 0 Å². The SMILES string of the molecule is CCN(CC)CC(OC(=O)Nc1ccccc1)c1ccccc1.Cl. The van der Waals surface area contributed by atoms with Crippen molar-refractivity contribution in [1.82, 2.24) is 4.90 Å². The summed E-state index contributed by atoms with van der Waals surface area (Å²) < 4.78 is 5.68. The lowest BCUT2D eigenvalue weighted by molar-refractivity contribution is 0.0822. The van der Waals surface area contributed by atoms with E-state index in [1.807, 2.05) is 60.7 Å². The van der Waals surface area contributed by atoms with Crippen LogP contribution < -0.4 is 5.32 Å². The standard InChI is InChI=1S/C19H24N2O2.ClH/c1-3-21(4-2)15-18(16-11-7-5-8-12-16)23-19(22)20-17-13-9-6-10-14-17;/h5-14,18H,3-4,15H2,1-2H3,(H,20,22);1H. The fraction of sp³-hybridized carbons (Fsp3) is 0.316. The van der Waals surface area contributed by atoms with Crippen molar-refractivity contribution >= 4 is 24.2 Å². The van der Waals surface area contributed by atoms with Crippen molar-refractivity contribution in [2.45, 2.75) is 20.0 Å². The van der Waals surface area contributed by atoms with Gasteiger partial charge in [-0.25, -0.2) is 4.79 Å². The van der Waals surface area contributed by atoms with Gasteiger partial charge >= 0.3 is 6.09 Å². The fourth-order valence-electron chi connectivity index (χ4n) is 2.39. The van der Waals surface area contributed by atoms with Gasteiger partial charge in [-0.3, -0.25) is 10.2 Å². The van der Waals surface area contributed by atoms with Gasteiger partial charge in [-0.15, -0.1) is 12.4 Å². The highest BCUT2D eigenvalue weighted by Crippen LogP contribution is 2.20. The van der Waals surface area contributed by atoms with Crippen LogP contribution in [0, 0.1) is 0 Å². The van der Waals surface area contributed by atoms with Crippen LogP contribution in [0.1, 0.15) is 25.5 Å². The molecule has 2 aromatic rings. The molecule has 0 radical (unpaired) electrons. The maximum Gasteiger partial charge on any atom is 0.412 e. The summed E-state index contributed by atoms with van der Waals surface area (Å²) in [5.41, 5.74) is 1.73. The average molecular weight is 349 g/mol. The van der Waals surface area contributed by atoms with Crippen molar-refractivity contribution in [3.63, 3.8) is 0 Å². The number of para-hydroxylation sites is 1. The molecule has 2 rings (SSSR count). The van der Waals surface area contributed by atoms with E-state index < -0.39 is 6.09 Å². The summed E-state index contributed by atoms with van der Waals surface area (Å²) in [4.78, 5) is 14.4. The zero-order valence-corrected chi connectivity index (χ0v) is 15.0. The molecule has 5 heteroatoms. The molecule has 0 aliphatic rings. The van der Waals surface area contributed by atoms with Crippen LogP contribution >= 0.6 is 12.4 Å². The quantitative estimate of drug-likeness (QED) is 0.785. The van der Waals surface area contributed by atoms with Gasteiger partial charge in [0.1, 0.15) is 6.10 Å². The first-order valence-electron chi connectivity index (χ1n) is 8.03. The van der Waals surface area contributed by atoms with E-state index in [0.717, 1.165) is 24.3 Å². The Bertz CT molecular complexity index is 589. The molecule has 0 fully saturated rings. The number of amides is 1. The number of halogens is 1. The molecular weight excluding hydrogens is 324 g/mol. The molecule has 2 aromatic carbocycles. The Balaban J connectivity index is 0.00000288. The number of nitrogens with one attached hydrogen (secondary N) is 1. The van der Waals surface area contributed by atoms with Crippen molar-refractivity contribution in [3.8, 4) is 0 Å². The van der Waals surface area contributed by atoms with Gasteiger partial charge in [-0.2, -0.15) is 0 Å². The van der Waals surface area contributed by atoms with Crippen LogP contribution in [0.2, 0.25) is 0 Å². The average Bonchev–Trinajstić information content (AvgIpc) is 2.60. The number of carbonyl (C=O) groups excluding carboxylic acids is 1. The minimum atomic E-state index is -0.433. The van der Waals surface area contributed by atoms with Crippen LogP contribution in [0.4, 0.5) is 10.5 Å². The Morgan fingerprint density at radius 2 is 1.54 bits per heavy atom. The van der Waals surface area contributed by atoms with Crippen LogP contribution in [0.15, 0.2) is 60.7 Å². The minimum absolute atomic E-state index is 0. The second-order valence-corrected chi connectivity index (χ2v) is 5.28. The van der Waals surface area contributed by atoms with Gasteiger partial charge in [0.05, 0.1) is 0 Å². The number of ether oxygens (including phenoxy) is 1. The minimum Gasteiger partial charge on any atom is -0.440 e. The number of likely N-dealkylation sites (N-methyl/N-ethyl adjacent to an activating group) is 1. The first-order chi connectivity index (χ1) is 11.2. The Hall–Kier alpha value is -2.04. The van der Waals surface area contributed by atoms with Crippen molar-refractivity contribution in [2.75, 3.05) is 25.0 Å². The van der Waals surface area contributed by atoms with E-state index in [-0.39, 0.29) is 18.5 Å². The monoisotopic (exact) mass is 348 g/mol. The first-order valence-corrected chi connectivity index (χ1v) is 8.03. The zero-order chi connectivity index (χ0) is 16.5. The number of nitrogens with zero attached hydrogens (tertiary/aromatic N) is 1. The Morgan fingerprint density at radius 3 is 2.08 bits per heavy atom. The molecule has 4 nitrogen and oxygen atoms in total. The number of hydrogen-bond donors (Lipinski definition) is 1. The molecule has 1 atom stereocenters. The predicted molar refractivity (Wildman–Crippen MR) is 101 cm³/mol. The molecular formula is C19H25ClN2O2. The molecule has 130 valence electrons. The van der Waals surface area contributed by atoms with Crippen LogP contribution in [0.3, 0.4) is 0 Å². The Labute approximate surface area is 150 Å². The van der Waals surface area contributed by atoms with Gasteiger partial charge in [0, 0.05) is 12.2 Å². The zero-order valence-electron chi connectivity index (χ0n) is 14.1. The van der Waals surface area contributed by atoms with E-state index >= 15 is 0 Å². The van der Waals surface area contributed by atoms with Crippen LogP contribution in [-0.4, -0.2) is 30.6 Å². The largest absolute Gasteiger partial charge is 0.440 e. The molecule has 1 N–H and O–H groups in total. The number of benzene rings is 2. The van der Waals surface area contributed by atoms with Crippen molar-refractivity contribution in [3.05, 3.63) is 66.2 Å². The second kappa shape index (κ2) is 10.7. The molecule has 0 spiro atoms. The third kappa shape index (κ3) is 6.22. The highest BCUT2D eigenvalue weighted by Gasteiger charge is 2.19. The number of anilines is 1. The summed E-state index contributed by atoms with van der Waals surface area (Å²) in [5.74, 6) is 0. The molecule has 0 saturated carbocycles. The smallest absolute Gasteiger partial charge is 0.412 e. The fourth-order valence-corrected chi connectivity index (χ4v) is 2.39. The molecule has 0 heterocycles. The van der Waals surface area contributed by atoms with E-state index in [0.29, 0.717) is 6.54 Å². The predicted octanol–water partition coefficient (Wildman–Crippen LogP) is 4.74. The molecule has 0 aromatic heterocycles. The maximum atomic E-state index is 12.2. The first kappa shape index (κ1) is 20.0. The van der Waals surface area contributed by atoms with Gasteiger partial charge in [0.25, 0.3) is 0 Å². The molecule has 0 aliphatic carbocycles. The normalized spacial score (nSPS) is 11.5. The summed E-state index contributed by atoms with van der Waals surface area (Å²) in [6.45, 7) is 6.73. The van der Waals surface area contributed by atoms with Gasteiger partial charge in [-0.1, -0.05) is 62.4 Å². The van der Waals surface area contributed by atoms with Gasteiger partial charge < -0.3 is 4.74 Å². The summed E-state index contributed by atoms with van der Waals surface area (Å²) in [6.07, 6.45) is -0.725. The number of rotatable bonds is 7. The highest BCUT2D eigenvalue weighted by molar-refractivity contribution is 5.85. The van der Waals surface area contributed by atoms with Crippen LogP contribution in [0.5, 0.6) is 0 Å². The summed E-state index contributed by atoms with van der Waals surface area (Å²) in [5, 5.41) is 2.77. The van der Waals surface area contributed by atoms with E-state index in [4.69, 9.17) is 4.74 Å². The lowest BCUT2D eigenvalue weighted by Crippen LogP contribution is -2.31. The third-order valence-corrected chi connectivity index (χ3v) is 3.76. The summed E-state index contributed by atoms with van der Waals surface area (Å²) >= 11 is 0. The van der Waals surface area contributed by atoms with E-state index in [1.54, 1.807) is 0 Å². The van der Waals surface area contributed by atoms with Gasteiger partial charge in [-0.05, 0) is 30.8 Å². The second-order valence-electron chi connectivity index (χ2n) is 5.28. The van der Waals surface area contributed by atoms with Crippen molar-refractivity contribution in [1.29, 1.82) is 0 Å². The molecule has 1 amide bonds. The van der Waals surface area contributed by atoms with E-state index in [9.17, 15) is 4.79 Å². The van der Waals surface area contributed by atoms with Crippen LogP contribution in [-0.2, 0) is 4.74 Å². The van der Waals surface area contributed by atoms with Gasteiger partial charge in [0.15, 0.2) is 0 Å². The highest BCUT2D eigenvalue weighted by atomic mass is 35.5. The Kier molecular flexibility index (Phi) is 8.90. The summed E-state index contributed by atoms with van der Waals surface area (Å²) in [6, 6.07) is 19.2. The lowest BCUT2D eigenvalue weighted by Gasteiger charge is -2.25. The van der Waals surface area contributed by atoms with Gasteiger partial charge in [0.2, 0.25) is 0 Å². The molecule has 24 heavy (non-hydrogen) atoms. The topological polar surface area (TPSA) is 41.6 Å². The number of carbonyl (C=O) groups is 1. The molecule has 1 unspecified atom stereocenters. The van der Waals surface area contributed by atoms with Crippen molar-refractivity contribution in [2.24, 2.45) is 0 Å². The summed E-state index contributed by atoms with van der Waals surface area (Å²) in [7, 11) is 0.